The van der Waals surface area contributed by atoms with E-state index in [1.165, 1.54) is 0 Å². The highest BCUT2D eigenvalue weighted by molar-refractivity contribution is 5.91. The molecule has 0 aromatic carbocycles. The third-order valence-corrected chi connectivity index (χ3v) is 0.960. The summed E-state index contributed by atoms with van der Waals surface area (Å²) in [5.41, 5.74) is 5.05. The Bertz CT molecular complexity index is 107. The lowest BCUT2D eigenvalue weighted by Gasteiger charge is -1.84. The molecule has 0 aromatic rings. The van der Waals surface area contributed by atoms with Crippen molar-refractivity contribution in [3.05, 3.63) is 12.2 Å². The first kappa shape index (κ1) is 8.37. The number of ketones is 1. The van der Waals surface area contributed by atoms with Crippen molar-refractivity contribution in [2.24, 2.45) is 5.73 Å². The fourth-order valence-corrected chi connectivity index (χ4v) is 0.449. The van der Waals surface area contributed by atoms with Crippen molar-refractivity contribution in [2.75, 3.05) is 6.54 Å². The number of nitrogens with two attached hydrogens (primary N) is 1. The molecule has 0 rings (SSSR count). The molecule has 0 bridgehead atoms. The Hall–Kier alpha value is -0.630. The van der Waals surface area contributed by atoms with E-state index in [0.717, 1.165) is 12.8 Å². The number of rotatable bonds is 4. The predicted octanol–water partition coefficient (Wildman–Crippen LogP) is 0.871. The summed E-state index contributed by atoms with van der Waals surface area (Å²) in [6, 6.07) is 0. The van der Waals surface area contributed by atoms with Crippen LogP contribution in [0.3, 0.4) is 0 Å². The van der Waals surface area contributed by atoms with Crippen LogP contribution in [-0.4, -0.2) is 12.3 Å². The summed E-state index contributed by atoms with van der Waals surface area (Å²) in [4.78, 5) is 10.5. The maximum Gasteiger partial charge on any atom is 0.168 e. The lowest BCUT2D eigenvalue weighted by molar-refractivity contribution is -0.113. The van der Waals surface area contributed by atoms with E-state index in [4.69, 9.17) is 5.73 Å². The molecule has 2 N–H and O–H groups in total. The maximum atomic E-state index is 10.5. The van der Waals surface area contributed by atoms with E-state index >= 15 is 0 Å². The van der Waals surface area contributed by atoms with E-state index in [1.807, 2.05) is 6.08 Å². The standard InChI is InChI=1S/C7H13NO/c1-2-3-4-5-7(9)6-8/h4-5H,2-3,6,8H2,1H3/b5-4+. The van der Waals surface area contributed by atoms with Crippen LogP contribution in [0.2, 0.25) is 0 Å². The summed E-state index contributed by atoms with van der Waals surface area (Å²) < 4.78 is 0. The van der Waals surface area contributed by atoms with Gasteiger partial charge < -0.3 is 5.73 Å². The van der Waals surface area contributed by atoms with Crippen molar-refractivity contribution in [1.29, 1.82) is 0 Å². The molecule has 0 aliphatic heterocycles. The van der Waals surface area contributed by atoms with Crippen LogP contribution in [0, 0.1) is 0 Å². The Morgan fingerprint density at radius 2 is 2.33 bits per heavy atom. The van der Waals surface area contributed by atoms with Crippen molar-refractivity contribution in [3.63, 3.8) is 0 Å². The van der Waals surface area contributed by atoms with Crippen LogP contribution in [0.4, 0.5) is 0 Å². The van der Waals surface area contributed by atoms with Crippen molar-refractivity contribution in [3.8, 4) is 0 Å². The lowest BCUT2D eigenvalue weighted by Crippen LogP contribution is -2.09. The molecule has 52 valence electrons. The van der Waals surface area contributed by atoms with Crippen LogP contribution < -0.4 is 5.73 Å². The Labute approximate surface area is 55.7 Å². The molecule has 2 heteroatoms. The van der Waals surface area contributed by atoms with Gasteiger partial charge in [-0.1, -0.05) is 19.4 Å². The number of allylic oxidation sites excluding steroid dienone is 1. The summed E-state index contributed by atoms with van der Waals surface area (Å²) in [6.07, 6.45) is 5.44. The Morgan fingerprint density at radius 3 is 2.78 bits per heavy atom. The predicted molar refractivity (Wildman–Crippen MR) is 38.1 cm³/mol. The van der Waals surface area contributed by atoms with Crippen molar-refractivity contribution < 1.29 is 4.79 Å². The fraction of sp³-hybridized carbons (Fsp3) is 0.571. The van der Waals surface area contributed by atoms with Gasteiger partial charge in [0, 0.05) is 0 Å². The van der Waals surface area contributed by atoms with Crippen LogP contribution in [-0.2, 0) is 4.79 Å². The molecular weight excluding hydrogens is 114 g/mol. The van der Waals surface area contributed by atoms with Gasteiger partial charge in [0.1, 0.15) is 0 Å². The van der Waals surface area contributed by atoms with Crippen LogP contribution >= 0.6 is 0 Å². The zero-order chi connectivity index (χ0) is 7.11. The monoisotopic (exact) mass is 127 g/mol. The molecule has 0 atom stereocenters. The second-order valence-corrected chi connectivity index (χ2v) is 1.86. The summed E-state index contributed by atoms with van der Waals surface area (Å²) in [6.45, 7) is 2.19. The van der Waals surface area contributed by atoms with Gasteiger partial charge in [0.15, 0.2) is 5.78 Å². The topological polar surface area (TPSA) is 43.1 Å². The minimum Gasteiger partial charge on any atom is -0.324 e. The van der Waals surface area contributed by atoms with Gasteiger partial charge >= 0.3 is 0 Å². The molecule has 9 heavy (non-hydrogen) atoms. The fourth-order valence-electron chi connectivity index (χ4n) is 0.449. The highest BCUT2D eigenvalue weighted by Crippen LogP contribution is 1.87. The zero-order valence-corrected chi connectivity index (χ0v) is 5.76. The first-order valence-corrected chi connectivity index (χ1v) is 3.20. The summed E-state index contributed by atoms with van der Waals surface area (Å²) in [7, 11) is 0. The molecule has 0 aliphatic carbocycles. The minimum atomic E-state index is 0.00319. The Balaban J connectivity index is 3.32. The van der Waals surface area contributed by atoms with E-state index in [9.17, 15) is 4.79 Å². The molecular formula is C7H13NO. The molecule has 0 amide bonds. The molecule has 0 spiro atoms. The van der Waals surface area contributed by atoms with Gasteiger partial charge in [0.05, 0.1) is 6.54 Å². The SMILES string of the molecule is CCC/C=C/C(=O)CN. The number of unbranched alkanes of at least 4 members (excludes halogenated alkanes) is 1. The first-order valence-electron chi connectivity index (χ1n) is 3.20. The van der Waals surface area contributed by atoms with E-state index in [-0.39, 0.29) is 12.3 Å². The van der Waals surface area contributed by atoms with E-state index in [1.54, 1.807) is 6.08 Å². The molecule has 0 heterocycles. The second-order valence-electron chi connectivity index (χ2n) is 1.86. The number of carbonyl (C=O) groups is 1. The molecule has 0 saturated carbocycles. The quantitative estimate of drug-likeness (QED) is 0.569. The molecule has 0 fully saturated rings. The normalized spacial score (nSPS) is 10.4. The average Bonchev–Trinajstić information content (AvgIpc) is 1.89. The maximum absolute atomic E-state index is 10.5. The Morgan fingerprint density at radius 1 is 1.67 bits per heavy atom. The van der Waals surface area contributed by atoms with Crippen LogP contribution in [0.5, 0.6) is 0 Å². The molecule has 0 aromatic heterocycles. The van der Waals surface area contributed by atoms with Gasteiger partial charge in [-0.05, 0) is 12.5 Å². The summed E-state index contributed by atoms with van der Waals surface area (Å²) in [5, 5.41) is 0. The third-order valence-electron chi connectivity index (χ3n) is 0.960. The molecule has 0 saturated heterocycles. The molecule has 0 radical (unpaired) electrons. The van der Waals surface area contributed by atoms with Gasteiger partial charge in [-0.3, -0.25) is 4.79 Å². The molecule has 2 nitrogen and oxygen atoms in total. The van der Waals surface area contributed by atoms with Gasteiger partial charge in [0.25, 0.3) is 0 Å². The van der Waals surface area contributed by atoms with Gasteiger partial charge in [-0.25, -0.2) is 0 Å². The summed E-state index contributed by atoms with van der Waals surface area (Å²) >= 11 is 0. The third kappa shape index (κ3) is 5.24. The zero-order valence-electron chi connectivity index (χ0n) is 5.76. The van der Waals surface area contributed by atoms with Crippen molar-refractivity contribution >= 4 is 5.78 Å². The number of hydrogen-bond donors (Lipinski definition) is 1. The van der Waals surface area contributed by atoms with Crippen LogP contribution in [0.25, 0.3) is 0 Å². The van der Waals surface area contributed by atoms with Crippen LogP contribution in [0.1, 0.15) is 19.8 Å². The highest BCUT2D eigenvalue weighted by atomic mass is 16.1. The van der Waals surface area contributed by atoms with Crippen molar-refractivity contribution in [2.45, 2.75) is 19.8 Å². The Kier molecular flexibility index (Phi) is 5.12. The van der Waals surface area contributed by atoms with Crippen LogP contribution in [0.15, 0.2) is 12.2 Å². The van der Waals surface area contributed by atoms with Gasteiger partial charge in [0.2, 0.25) is 0 Å². The smallest absolute Gasteiger partial charge is 0.168 e. The lowest BCUT2D eigenvalue weighted by atomic mass is 10.3. The number of hydrogen-bond acceptors (Lipinski definition) is 2. The van der Waals surface area contributed by atoms with Gasteiger partial charge in [-0.2, -0.15) is 0 Å². The average molecular weight is 127 g/mol. The van der Waals surface area contributed by atoms with Gasteiger partial charge in [-0.15, -0.1) is 0 Å². The molecule has 0 aliphatic rings. The van der Waals surface area contributed by atoms with E-state index in [2.05, 4.69) is 6.92 Å². The minimum absolute atomic E-state index is 0.00319. The largest absolute Gasteiger partial charge is 0.324 e. The van der Waals surface area contributed by atoms with Crippen molar-refractivity contribution in [1.82, 2.24) is 0 Å². The molecule has 0 unspecified atom stereocenters. The van der Waals surface area contributed by atoms with E-state index < -0.39 is 0 Å². The second kappa shape index (κ2) is 5.51. The highest BCUT2D eigenvalue weighted by Gasteiger charge is 1.86. The summed E-state index contributed by atoms with van der Waals surface area (Å²) in [5.74, 6) is 0.00319. The first-order chi connectivity index (χ1) is 4.31. The van der Waals surface area contributed by atoms with E-state index in [0.29, 0.717) is 0 Å². The number of carbonyl (C=O) groups excluding carboxylic acids is 1.